The highest BCUT2D eigenvalue weighted by Crippen LogP contribution is 2.06. The summed E-state index contributed by atoms with van der Waals surface area (Å²) >= 11 is 0. The Morgan fingerprint density at radius 3 is 1.95 bits per heavy atom. The highest BCUT2D eigenvalue weighted by atomic mass is 16.3. The van der Waals surface area contributed by atoms with Crippen LogP contribution in [0.15, 0.2) is 48.8 Å². The third kappa shape index (κ3) is 4.53. The first-order chi connectivity index (χ1) is 9.78. The van der Waals surface area contributed by atoms with E-state index in [0.29, 0.717) is 13.1 Å². The van der Waals surface area contributed by atoms with E-state index in [-0.39, 0.29) is 12.3 Å². The highest BCUT2D eigenvalue weighted by molar-refractivity contribution is 5.81. The second-order valence-electron chi connectivity index (χ2n) is 4.48. The molecule has 0 radical (unpaired) electrons. The van der Waals surface area contributed by atoms with E-state index in [9.17, 15) is 4.79 Å². The van der Waals surface area contributed by atoms with Crippen LogP contribution < -0.4 is 0 Å². The third-order valence-corrected chi connectivity index (χ3v) is 2.80. The number of carbonyl (C=O) groups is 1. The molecule has 0 bridgehead atoms. The molecule has 0 fully saturated rings. The van der Waals surface area contributed by atoms with Crippen molar-refractivity contribution in [2.75, 3.05) is 13.2 Å². The summed E-state index contributed by atoms with van der Waals surface area (Å²) < 4.78 is 0. The lowest BCUT2D eigenvalue weighted by molar-refractivity contribution is -0.123. The van der Waals surface area contributed by atoms with Gasteiger partial charge in [-0.1, -0.05) is 12.1 Å². The molecule has 2 aromatic heterocycles. The van der Waals surface area contributed by atoms with Crippen molar-refractivity contribution in [1.82, 2.24) is 14.9 Å². The Morgan fingerprint density at radius 1 is 1.00 bits per heavy atom. The Bertz CT molecular complexity index is 490. The van der Waals surface area contributed by atoms with Crippen LogP contribution in [0.1, 0.15) is 11.4 Å². The Morgan fingerprint density at radius 2 is 1.55 bits per heavy atom. The second kappa shape index (κ2) is 7.47. The number of aliphatic hydroxyl groups is 1. The van der Waals surface area contributed by atoms with Crippen molar-refractivity contribution in [2.24, 2.45) is 0 Å². The SMILES string of the molecule is O=C(CO)CN(Cc1ccccn1)Cc1ccccn1. The molecule has 0 unspecified atom stereocenters. The monoisotopic (exact) mass is 271 g/mol. The molecule has 1 N–H and O–H groups in total. The van der Waals surface area contributed by atoms with E-state index in [1.807, 2.05) is 41.3 Å². The van der Waals surface area contributed by atoms with Crippen molar-refractivity contribution >= 4 is 5.78 Å². The van der Waals surface area contributed by atoms with Gasteiger partial charge in [-0.25, -0.2) is 0 Å². The number of Topliss-reactive ketones (excluding diaryl/α,β-unsaturated/α-hetero) is 1. The highest BCUT2D eigenvalue weighted by Gasteiger charge is 2.12. The molecule has 0 saturated heterocycles. The first-order valence-electron chi connectivity index (χ1n) is 6.42. The van der Waals surface area contributed by atoms with Gasteiger partial charge in [0.25, 0.3) is 0 Å². The molecule has 104 valence electrons. The summed E-state index contributed by atoms with van der Waals surface area (Å²) in [5.41, 5.74) is 1.77. The largest absolute Gasteiger partial charge is 0.389 e. The summed E-state index contributed by atoms with van der Waals surface area (Å²) in [4.78, 5) is 21.9. The van der Waals surface area contributed by atoms with Crippen molar-refractivity contribution in [2.45, 2.75) is 13.1 Å². The fourth-order valence-electron chi connectivity index (χ4n) is 1.91. The van der Waals surface area contributed by atoms with Crippen molar-refractivity contribution in [3.05, 3.63) is 60.2 Å². The molecule has 2 heterocycles. The number of aromatic nitrogens is 2. The third-order valence-electron chi connectivity index (χ3n) is 2.80. The van der Waals surface area contributed by atoms with Crippen molar-refractivity contribution in [3.8, 4) is 0 Å². The van der Waals surface area contributed by atoms with Crippen LogP contribution in [-0.4, -0.2) is 38.9 Å². The molecule has 0 atom stereocenters. The lowest BCUT2D eigenvalue weighted by Gasteiger charge is -2.20. The first kappa shape index (κ1) is 14.3. The van der Waals surface area contributed by atoms with Crippen LogP contribution in [0.4, 0.5) is 0 Å². The molecule has 0 aliphatic rings. The predicted molar refractivity (Wildman–Crippen MR) is 74.7 cm³/mol. The number of ketones is 1. The van der Waals surface area contributed by atoms with Crippen LogP contribution in [0.2, 0.25) is 0 Å². The molecule has 5 nitrogen and oxygen atoms in total. The fourth-order valence-corrected chi connectivity index (χ4v) is 1.91. The Hall–Kier alpha value is -2.11. The molecule has 20 heavy (non-hydrogen) atoms. The van der Waals surface area contributed by atoms with Gasteiger partial charge < -0.3 is 5.11 Å². The Balaban J connectivity index is 2.06. The summed E-state index contributed by atoms with van der Waals surface area (Å²) in [5, 5.41) is 8.91. The number of hydrogen-bond acceptors (Lipinski definition) is 5. The molecule has 0 aromatic carbocycles. The minimum absolute atomic E-state index is 0.184. The van der Waals surface area contributed by atoms with Gasteiger partial charge in [-0.15, -0.1) is 0 Å². The zero-order chi connectivity index (χ0) is 14.2. The number of carbonyl (C=O) groups excluding carboxylic acids is 1. The van der Waals surface area contributed by atoms with Crippen molar-refractivity contribution in [3.63, 3.8) is 0 Å². The molecule has 0 saturated carbocycles. The van der Waals surface area contributed by atoms with Crippen LogP contribution in [0.5, 0.6) is 0 Å². The maximum absolute atomic E-state index is 11.5. The summed E-state index contributed by atoms with van der Waals surface area (Å²) in [5.74, 6) is -0.211. The molecule has 0 amide bonds. The minimum atomic E-state index is -0.444. The van der Waals surface area contributed by atoms with Gasteiger partial charge in [0, 0.05) is 25.5 Å². The average Bonchev–Trinajstić information content (AvgIpc) is 2.49. The number of pyridine rings is 2. The van der Waals surface area contributed by atoms with Gasteiger partial charge in [0.1, 0.15) is 6.61 Å². The lowest BCUT2D eigenvalue weighted by atomic mass is 10.2. The van der Waals surface area contributed by atoms with Crippen molar-refractivity contribution < 1.29 is 9.90 Å². The normalized spacial score (nSPS) is 10.7. The van der Waals surface area contributed by atoms with Gasteiger partial charge in [0.15, 0.2) is 5.78 Å². The average molecular weight is 271 g/mol. The van der Waals surface area contributed by atoms with E-state index < -0.39 is 6.61 Å². The Labute approximate surface area is 117 Å². The van der Waals surface area contributed by atoms with E-state index in [1.165, 1.54) is 0 Å². The molecule has 0 aliphatic carbocycles. The number of rotatable bonds is 7. The van der Waals surface area contributed by atoms with E-state index in [2.05, 4.69) is 9.97 Å². The van der Waals surface area contributed by atoms with Crippen LogP contribution in [0.3, 0.4) is 0 Å². The molecule has 0 spiro atoms. The number of hydrogen-bond donors (Lipinski definition) is 1. The first-order valence-corrected chi connectivity index (χ1v) is 6.42. The summed E-state index contributed by atoms with van der Waals surface area (Å²) in [6, 6.07) is 11.4. The van der Waals surface area contributed by atoms with Gasteiger partial charge in [-0.2, -0.15) is 0 Å². The summed E-state index contributed by atoms with van der Waals surface area (Å²) in [6.45, 7) is 0.830. The molecule has 5 heteroatoms. The number of aliphatic hydroxyl groups excluding tert-OH is 1. The summed E-state index contributed by atoms with van der Waals surface area (Å²) in [6.07, 6.45) is 3.45. The molecular weight excluding hydrogens is 254 g/mol. The molecule has 0 aliphatic heterocycles. The topological polar surface area (TPSA) is 66.3 Å². The number of nitrogens with zero attached hydrogens (tertiary/aromatic N) is 3. The van der Waals surface area contributed by atoms with Crippen LogP contribution in [0.25, 0.3) is 0 Å². The van der Waals surface area contributed by atoms with E-state index >= 15 is 0 Å². The van der Waals surface area contributed by atoms with Crippen molar-refractivity contribution in [1.29, 1.82) is 0 Å². The maximum Gasteiger partial charge on any atom is 0.172 e. The van der Waals surface area contributed by atoms with E-state index in [1.54, 1.807) is 12.4 Å². The zero-order valence-electron chi connectivity index (χ0n) is 11.1. The summed E-state index contributed by atoms with van der Waals surface area (Å²) in [7, 11) is 0. The molecular formula is C15H17N3O2. The van der Waals surface area contributed by atoms with Gasteiger partial charge in [0.2, 0.25) is 0 Å². The standard InChI is InChI=1S/C15H17N3O2/c19-12-15(20)11-18(9-13-5-1-3-7-16-13)10-14-6-2-4-8-17-14/h1-8,19H,9-12H2. The predicted octanol–water partition coefficient (Wildman–Crippen LogP) is 1.04. The quantitative estimate of drug-likeness (QED) is 0.815. The minimum Gasteiger partial charge on any atom is -0.389 e. The smallest absolute Gasteiger partial charge is 0.172 e. The molecule has 2 rings (SSSR count). The van der Waals surface area contributed by atoms with E-state index in [4.69, 9.17) is 5.11 Å². The zero-order valence-corrected chi connectivity index (χ0v) is 11.1. The van der Waals surface area contributed by atoms with Crippen LogP contribution >= 0.6 is 0 Å². The van der Waals surface area contributed by atoms with E-state index in [0.717, 1.165) is 11.4 Å². The van der Waals surface area contributed by atoms with Crippen LogP contribution in [0, 0.1) is 0 Å². The van der Waals surface area contributed by atoms with Gasteiger partial charge >= 0.3 is 0 Å². The Kier molecular flexibility index (Phi) is 5.34. The van der Waals surface area contributed by atoms with Crippen LogP contribution in [-0.2, 0) is 17.9 Å². The maximum atomic E-state index is 11.5. The lowest BCUT2D eigenvalue weighted by Crippen LogP contribution is -2.31. The second-order valence-corrected chi connectivity index (χ2v) is 4.48. The van der Waals surface area contributed by atoms with Gasteiger partial charge in [-0.05, 0) is 24.3 Å². The molecule has 2 aromatic rings. The fraction of sp³-hybridized carbons (Fsp3) is 0.267. The van der Waals surface area contributed by atoms with Gasteiger partial charge in [0.05, 0.1) is 17.9 Å². The van der Waals surface area contributed by atoms with Gasteiger partial charge in [-0.3, -0.25) is 19.7 Å².